The van der Waals surface area contributed by atoms with Crippen LogP contribution in [0.1, 0.15) is 0 Å². The molecule has 0 bridgehead atoms. The topological polar surface area (TPSA) is 77.5 Å². The fourth-order valence-corrected chi connectivity index (χ4v) is 2.95. The van der Waals surface area contributed by atoms with Gasteiger partial charge < -0.3 is 14.3 Å². The number of ether oxygens (including phenoxy) is 1. The monoisotopic (exact) mass is 406 g/mol. The highest BCUT2D eigenvalue weighted by Gasteiger charge is 2.14. The Bertz CT molecular complexity index is 1150. The lowest BCUT2D eigenvalue weighted by atomic mass is 10.1. The summed E-state index contributed by atoms with van der Waals surface area (Å²) in [4.78, 5) is 12.0. The minimum atomic E-state index is -0.970. The predicted molar refractivity (Wildman–Crippen MR) is 110 cm³/mol. The summed E-state index contributed by atoms with van der Waals surface area (Å²) in [5.74, 6) is -0.441. The van der Waals surface area contributed by atoms with Gasteiger partial charge in [0.1, 0.15) is 24.3 Å². The minimum Gasteiger partial charge on any atom is -0.491 e. The van der Waals surface area contributed by atoms with Gasteiger partial charge in [-0.1, -0.05) is 42.5 Å². The molecule has 1 atom stereocenters. The SMILES string of the molecule is O=c1oc(-c2ccc(F)cc2)nn1C[C@@H](O)COc1ccc(-c2ccccc2)cc1. The average molecular weight is 406 g/mol. The van der Waals surface area contributed by atoms with Crippen LogP contribution in [-0.4, -0.2) is 27.6 Å². The normalized spacial score (nSPS) is 11.9. The Balaban J connectivity index is 1.35. The molecule has 0 radical (unpaired) electrons. The summed E-state index contributed by atoms with van der Waals surface area (Å²) < 4.78 is 24.7. The van der Waals surface area contributed by atoms with Crippen LogP contribution in [-0.2, 0) is 6.54 Å². The molecular formula is C23H19FN2O4. The molecule has 0 amide bonds. The van der Waals surface area contributed by atoms with E-state index in [0.29, 0.717) is 11.3 Å². The van der Waals surface area contributed by atoms with Gasteiger partial charge in [-0.25, -0.2) is 9.18 Å². The van der Waals surface area contributed by atoms with E-state index in [2.05, 4.69) is 5.10 Å². The van der Waals surface area contributed by atoms with Gasteiger partial charge in [0, 0.05) is 5.56 Å². The van der Waals surface area contributed by atoms with Gasteiger partial charge in [-0.3, -0.25) is 0 Å². The number of aromatic nitrogens is 2. The van der Waals surface area contributed by atoms with Crippen molar-refractivity contribution < 1.29 is 18.7 Å². The molecule has 152 valence electrons. The zero-order valence-corrected chi connectivity index (χ0v) is 15.9. The maximum Gasteiger partial charge on any atom is 0.437 e. The lowest BCUT2D eigenvalue weighted by Crippen LogP contribution is -2.29. The van der Waals surface area contributed by atoms with Crippen LogP contribution < -0.4 is 10.5 Å². The van der Waals surface area contributed by atoms with E-state index in [1.807, 2.05) is 54.6 Å². The maximum atomic E-state index is 13.0. The second-order valence-electron chi connectivity index (χ2n) is 6.72. The molecule has 1 N–H and O–H groups in total. The van der Waals surface area contributed by atoms with Gasteiger partial charge in [0.15, 0.2) is 0 Å². The number of halogens is 1. The van der Waals surface area contributed by atoms with E-state index in [4.69, 9.17) is 9.15 Å². The first-order chi connectivity index (χ1) is 14.6. The third-order valence-corrected chi connectivity index (χ3v) is 4.48. The van der Waals surface area contributed by atoms with Crippen molar-refractivity contribution in [2.75, 3.05) is 6.61 Å². The van der Waals surface area contributed by atoms with Crippen LogP contribution in [0, 0.1) is 5.82 Å². The van der Waals surface area contributed by atoms with E-state index >= 15 is 0 Å². The third kappa shape index (κ3) is 4.64. The molecule has 0 aliphatic heterocycles. The summed E-state index contributed by atoms with van der Waals surface area (Å²) >= 11 is 0. The third-order valence-electron chi connectivity index (χ3n) is 4.48. The van der Waals surface area contributed by atoms with Crippen molar-refractivity contribution in [3.63, 3.8) is 0 Å². The fraction of sp³-hybridized carbons (Fsp3) is 0.130. The number of aliphatic hydroxyl groups is 1. The lowest BCUT2D eigenvalue weighted by Gasteiger charge is -2.12. The smallest absolute Gasteiger partial charge is 0.437 e. The van der Waals surface area contributed by atoms with Crippen molar-refractivity contribution >= 4 is 0 Å². The van der Waals surface area contributed by atoms with Crippen molar-refractivity contribution in [2.24, 2.45) is 0 Å². The number of benzene rings is 3. The van der Waals surface area contributed by atoms with E-state index in [1.165, 1.54) is 24.3 Å². The van der Waals surface area contributed by atoms with Crippen LogP contribution >= 0.6 is 0 Å². The van der Waals surface area contributed by atoms with Gasteiger partial charge in [0.2, 0.25) is 5.89 Å². The van der Waals surface area contributed by atoms with Crippen molar-refractivity contribution in [2.45, 2.75) is 12.6 Å². The number of hydrogen-bond donors (Lipinski definition) is 1. The van der Waals surface area contributed by atoms with Crippen molar-refractivity contribution in [3.8, 4) is 28.3 Å². The summed E-state index contributed by atoms with van der Waals surface area (Å²) in [5.41, 5.74) is 2.63. The van der Waals surface area contributed by atoms with Crippen LogP contribution in [0.3, 0.4) is 0 Å². The second kappa shape index (κ2) is 8.75. The quantitative estimate of drug-likeness (QED) is 0.506. The number of nitrogens with zero attached hydrogens (tertiary/aromatic N) is 2. The minimum absolute atomic E-state index is 0.0180. The molecule has 0 spiro atoms. The Morgan fingerprint density at radius 3 is 2.27 bits per heavy atom. The van der Waals surface area contributed by atoms with Gasteiger partial charge in [0.25, 0.3) is 0 Å². The molecule has 1 heterocycles. The van der Waals surface area contributed by atoms with Crippen molar-refractivity contribution in [1.82, 2.24) is 9.78 Å². The zero-order chi connectivity index (χ0) is 20.9. The molecule has 0 aliphatic rings. The highest BCUT2D eigenvalue weighted by atomic mass is 19.1. The van der Waals surface area contributed by atoms with Gasteiger partial charge in [-0.05, 0) is 47.5 Å². The Kier molecular flexibility index (Phi) is 5.72. The van der Waals surface area contributed by atoms with Crippen molar-refractivity contribution in [3.05, 3.63) is 95.2 Å². The first-order valence-corrected chi connectivity index (χ1v) is 9.39. The van der Waals surface area contributed by atoms with E-state index in [1.54, 1.807) is 0 Å². The molecule has 0 unspecified atom stereocenters. The zero-order valence-electron chi connectivity index (χ0n) is 15.9. The summed E-state index contributed by atoms with van der Waals surface area (Å²) in [5, 5.41) is 14.3. The number of rotatable bonds is 7. The Labute approximate surface area is 171 Å². The molecule has 4 aromatic rings. The summed E-state index contributed by atoms with van der Waals surface area (Å²) in [6, 6.07) is 22.9. The highest BCUT2D eigenvalue weighted by molar-refractivity contribution is 5.63. The summed E-state index contributed by atoms with van der Waals surface area (Å²) in [7, 11) is 0. The molecular weight excluding hydrogens is 387 g/mol. The number of aliphatic hydroxyl groups excluding tert-OH is 1. The number of hydrogen-bond acceptors (Lipinski definition) is 5. The van der Waals surface area contributed by atoms with Gasteiger partial charge >= 0.3 is 5.76 Å². The molecule has 0 aliphatic carbocycles. The predicted octanol–water partition coefficient (Wildman–Crippen LogP) is 3.75. The van der Waals surface area contributed by atoms with Crippen LogP contribution in [0.2, 0.25) is 0 Å². The molecule has 30 heavy (non-hydrogen) atoms. The molecule has 6 nitrogen and oxygen atoms in total. The van der Waals surface area contributed by atoms with E-state index in [0.717, 1.165) is 15.8 Å². The van der Waals surface area contributed by atoms with Gasteiger partial charge in [0.05, 0.1) is 6.54 Å². The lowest BCUT2D eigenvalue weighted by molar-refractivity contribution is 0.0875. The largest absolute Gasteiger partial charge is 0.491 e. The van der Waals surface area contributed by atoms with Crippen molar-refractivity contribution in [1.29, 1.82) is 0 Å². The van der Waals surface area contributed by atoms with Crippen LogP contribution in [0.25, 0.3) is 22.6 Å². The first kappa shape index (κ1) is 19.6. The molecule has 1 aromatic heterocycles. The molecule has 3 aromatic carbocycles. The van der Waals surface area contributed by atoms with Gasteiger partial charge in [-0.2, -0.15) is 4.68 Å². The Morgan fingerprint density at radius 1 is 0.933 bits per heavy atom. The molecule has 0 saturated carbocycles. The molecule has 0 fully saturated rings. The Hall–Kier alpha value is -3.71. The highest BCUT2D eigenvalue weighted by Crippen LogP contribution is 2.22. The second-order valence-corrected chi connectivity index (χ2v) is 6.72. The molecule has 4 rings (SSSR count). The van der Waals surface area contributed by atoms with E-state index < -0.39 is 17.7 Å². The molecule has 7 heteroatoms. The Morgan fingerprint density at radius 2 is 1.57 bits per heavy atom. The standard InChI is InChI=1S/C23H19FN2O4/c24-19-10-6-18(7-11-19)22-25-26(23(28)30-22)14-20(27)15-29-21-12-8-17(9-13-21)16-4-2-1-3-5-16/h1-13,20,27H,14-15H2/t20-/m1/s1. The fourth-order valence-electron chi connectivity index (χ4n) is 2.95. The average Bonchev–Trinajstić information content (AvgIpc) is 3.14. The van der Waals surface area contributed by atoms with Crippen LogP contribution in [0.5, 0.6) is 5.75 Å². The van der Waals surface area contributed by atoms with Gasteiger partial charge in [-0.15, -0.1) is 5.10 Å². The first-order valence-electron chi connectivity index (χ1n) is 9.39. The van der Waals surface area contributed by atoms with Crippen LogP contribution in [0.15, 0.2) is 88.1 Å². The van der Waals surface area contributed by atoms with E-state index in [-0.39, 0.29) is 19.0 Å². The maximum absolute atomic E-state index is 13.0. The summed E-state index contributed by atoms with van der Waals surface area (Å²) in [6.45, 7) is -0.110. The molecule has 0 saturated heterocycles. The van der Waals surface area contributed by atoms with E-state index in [9.17, 15) is 14.3 Å². The van der Waals surface area contributed by atoms with Crippen LogP contribution in [0.4, 0.5) is 4.39 Å². The summed E-state index contributed by atoms with van der Waals surface area (Å²) in [6.07, 6.45) is -0.970.